The van der Waals surface area contributed by atoms with Crippen LogP contribution in [0.25, 0.3) is 0 Å². The minimum Gasteiger partial charge on any atom is -0.465 e. The third kappa shape index (κ3) is 5.29. The average molecular weight is 327 g/mol. The van der Waals surface area contributed by atoms with Gasteiger partial charge < -0.3 is 4.74 Å². The van der Waals surface area contributed by atoms with Gasteiger partial charge in [0.05, 0.1) is 12.4 Å². The minimum absolute atomic E-state index is 0.181. The predicted octanol–water partition coefficient (Wildman–Crippen LogP) is 4.59. The zero-order valence-corrected chi connectivity index (χ0v) is 14.7. The average Bonchev–Trinajstić information content (AvgIpc) is 2.55. The third-order valence-corrected chi connectivity index (χ3v) is 6.16. The van der Waals surface area contributed by atoms with Crippen LogP contribution in [0.3, 0.4) is 0 Å². The third-order valence-electron chi connectivity index (χ3n) is 5.23. The number of rotatable bonds is 6. The second-order valence-electron chi connectivity index (χ2n) is 6.73. The van der Waals surface area contributed by atoms with Crippen LogP contribution in [-0.4, -0.2) is 23.4 Å². The molecule has 0 heterocycles. The Morgan fingerprint density at radius 2 is 1.45 bits per heavy atom. The van der Waals surface area contributed by atoms with Gasteiger partial charge in [-0.2, -0.15) is 0 Å². The fourth-order valence-electron chi connectivity index (χ4n) is 4.19. The Bertz CT molecular complexity index is 339. The van der Waals surface area contributed by atoms with Crippen molar-refractivity contribution in [2.75, 3.05) is 12.4 Å². The van der Waals surface area contributed by atoms with Gasteiger partial charge in [-0.15, -0.1) is 0 Å². The van der Waals surface area contributed by atoms with Crippen LogP contribution in [0.4, 0.5) is 0 Å². The first-order chi connectivity index (χ1) is 10.7. The molecule has 0 atom stereocenters. The molecule has 0 radical (unpaired) electrons. The molecular formula is C18H30O3S. The standard InChI is InChI=1S/C18H30O3S/c1-2-21-16(19)13-22-18(20)17(14-9-5-3-6-10-14)15-11-7-4-8-12-15/h14-15,17H,2-13H2,1H3. The second kappa shape index (κ2) is 9.59. The number of ether oxygens (including phenoxy) is 1. The summed E-state index contributed by atoms with van der Waals surface area (Å²) in [6, 6.07) is 0. The number of hydrogen-bond donors (Lipinski definition) is 0. The van der Waals surface area contributed by atoms with Gasteiger partial charge in [0.25, 0.3) is 0 Å². The van der Waals surface area contributed by atoms with E-state index in [1.54, 1.807) is 6.92 Å². The van der Waals surface area contributed by atoms with Gasteiger partial charge in [-0.1, -0.05) is 50.3 Å². The molecule has 0 bridgehead atoms. The predicted molar refractivity (Wildman–Crippen MR) is 90.7 cm³/mol. The van der Waals surface area contributed by atoms with Crippen molar-refractivity contribution in [2.24, 2.45) is 17.8 Å². The normalized spacial score (nSPS) is 21.0. The van der Waals surface area contributed by atoms with E-state index in [1.807, 2.05) is 0 Å². The molecule has 2 aliphatic rings. The van der Waals surface area contributed by atoms with Crippen LogP contribution in [0.2, 0.25) is 0 Å². The fraction of sp³-hybridized carbons (Fsp3) is 0.889. The molecule has 3 nitrogen and oxygen atoms in total. The molecule has 0 saturated heterocycles. The van der Waals surface area contributed by atoms with E-state index in [2.05, 4.69) is 0 Å². The van der Waals surface area contributed by atoms with Crippen LogP contribution in [0.1, 0.15) is 71.1 Å². The van der Waals surface area contributed by atoms with Crippen LogP contribution >= 0.6 is 11.8 Å². The van der Waals surface area contributed by atoms with Crippen LogP contribution < -0.4 is 0 Å². The van der Waals surface area contributed by atoms with Crippen molar-refractivity contribution in [3.63, 3.8) is 0 Å². The summed E-state index contributed by atoms with van der Waals surface area (Å²) in [4.78, 5) is 24.3. The van der Waals surface area contributed by atoms with Crippen LogP contribution in [0, 0.1) is 17.8 Å². The highest BCUT2D eigenvalue weighted by Gasteiger charge is 2.36. The van der Waals surface area contributed by atoms with Gasteiger partial charge in [-0.25, -0.2) is 0 Å². The molecule has 2 rings (SSSR count). The van der Waals surface area contributed by atoms with E-state index >= 15 is 0 Å². The lowest BCUT2D eigenvalue weighted by Gasteiger charge is -2.36. The molecule has 0 aromatic carbocycles. The van der Waals surface area contributed by atoms with E-state index in [0.717, 1.165) is 0 Å². The van der Waals surface area contributed by atoms with Crippen LogP contribution in [0.5, 0.6) is 0 Å². The molecule has 0 aliphatic heterocycles. The van der Waals surface area contributed by atoms with Crippen LogP contribution in [0.15, 0.2) is 0 Å². The molecule has 0 aromatic heterocycles. The quantitative estimate of drug-likeness (QED) is 0.670. The highest BCUT2D eigenvalue weighted by molar-refractivity contribution is 8.14. The Labute approximate surface area is 138 Å². The monoisotopic (exact) mass is 326 g/mol. The molecule has 0 unspecified atom stereocenters. The number of esters is 1. The molecule has 0 N–H and O–H groups in total. The summed E-state index contributed by atoms with van der Waals surface area (Å²) in [6.45, 7) is 2.19. The van der Waals surface area contributed by atoms with Gasteiger partial charge in [0.1, 0.15) is 0 Å². The van der Waals surface area contributed by atoms with E-state index in [9.17, 15) is 9.59 Å². The summed E-state index contributed by atoms with van der Waals surface area (Å²) in [5.74, 6) is 1.22. The number of hydrogen-bond acceptors (Lipinski definition) is 4. The molecule has 2 aliphatic carbocycles. The van der Waals surface area contributed by atoms with Crippen molar-refractivity contribution in [1.82, 2.24) is 0 Å². The maximum Gasteiger partial charge on any atom is 0.316 e. The van der Waals surface area contributed by atoms with E-state index in [-0.39, 0.29) is 22.8 Å². The Morgan fingerprint density at radius 1 is 0.955 bits per heavy atom. The maximum absolute atomic E-state index is 12.8. The highest BCUT2D eigenvalue weighted by atomic mass is 32.2. The fourth-order valence-corrected chi connectivity index (χ4v) is 5.11. The van der Waals surface area contributed by atoms with Crippen LogP contribution in [-0.2, 0) is 14.3 Å². The first-order valence-corrected chi connectivity index (χ1v) is 10.0. The molecule has 126 valence electrons. The molecule has 0 amide bonds. The zero-order valence-electron chi connectivity index (χ0n) is 13.9. The lowest BCUT2D eigenvalue weighted by Crippen LogP contribution is -2.32. The minimum atomic E-state index is -0.258. The summed E-state index contributed by atoms with van der Waals surface area (Å²) in [6.07, 6.45) is 12.5. The van der Waals surface area contributed by atoms with Gasteiger partial charge in [-0.05, 0) is 44.4 Å². The summed E-state index contributed by atoms with van der Waals surface area (Å²) in [5, 5.41) is 0.256. The SMILES string of the molecule is CCOC(=O)CSC(=O)C(C1CCCCC1)C1CCCCC1. The Kier molecular flexibility index (Phi) is 7.77. The van der Waals surface area contributed by atoms with Crippen molar-refractivity contribution >= 4 is 22.8 Å². The Balaban J connectivity index is 1.95. The topological polar surface area (TPSA) is 43.4 Å². The van der Waals surface area contributed by atoms with Gasteiger partial charge in [0, 0.05) is 5.92 Å². The first kappa shape index (κ1) is 17.8. The molecule has 4 heteroatoms. The van der Waals surface area contributed by atoms with E-state index in [4.69, 9.17) is 4.74 Å². The Morgan fingerprint density at radius 3 is 1.91 bits per heavy atom. The second-order valence-corrected chi connectivity index (χ2v) is 7.71. The zero-order chi connectivity index (χ0) is 15.8. The number of carbonyl (C=O) groups is 2. The van der Waals surface area contributed by atoms with E-state index < -0.39 is 0 Å². The first-order valence-electron chi connectivity index (χ1n) is 9.04. The maximum atomic E-state index is 12.8. The molecular weight excluding hydrogens is 296 g/mol. The van der Waals surface area contributed by atoms with Gasteiger partial charge in [0.2, 0.25) is 0 Å². The number of thioether (sulfide) groups is 1. The Hall–Kier alpha value is -0.510. The number of carbonyl (C=O) groups excluding carboxylic acids is 2. The molecule has 0 aromatic rings. The highest BCUT2D eigenvalue weighted by Crippen LogP contribution is 2.42. The molecule has 0 spiro atoms. The van der Waals surface area contributed by atoms with Crippen molar-refractivity contribution in [3.8, 4) is 0 Å². The van der Waals surface area contributed by atoms with Crippen molar-refractivity contribution in [2.45, 2.75) is 71.1 Å². The molecule has 2 saturated carbocycles. The molecule has 22 heavy (non-hydrogen) atoms. The summed E-state index contributed by atoms with van der Waals surface area (Å²) in [5.41, 5.74) is 0. The smallest absolute Gasteiger partial charge is 0.316 e. The lowest BCUT2D eigenvalue weighted by atomic mass is 9.70. The van der Waals surface area contributed by atoms with E-state index in [1.165, 1.54) is 76.0 Å². The van der Waals surface area contributed by atoms with Crippen molar-refractivity contribution < 1.29 is 14.3 Å². The lowest BCUT2D eigenvalue weighted by molar-refractivity contribution is -0.140. The summed E-state index contributed by atoms with van der Waals surface area (Å²) >= 11 is 1.21. The van der Waals surface area contributed by atoms with Gasteiger partial charge in [0.15, 0.2) is 5.12 Å². The summed E-state index contributed by atoms with van der Waals surface area (Å²) in [7, 11) is 0. The van der Waals surface area contributed by atoms with Gasteiger partial charge in [-0.3, -0.25) is 9.59 Å². The van der Waals surface area contributed by atoms with Gasteiger partial charge >= 0.3 is 5.97 Å². The van der Waals surface area contributed by atoms with Crippen molar-refractivity contribution in [3.05, 3.63) is 0 Å². The largest absolute Gasteiger partial charge is 0.465 e. The molecule has 2 fully saturated rings. The van der Waals surface area contributed by atoms with E-state index in [0.29, 0.717) is 18.4 Å². The van der Waals surface area contributed by atoms with Crippen molar-refractivity contribution in [1.29, 1.82) is 0 Å². The summed E-state index contributed by atoms with van der Waals surface area (Å²) < 4.78 is 4.95.